The van der Waals surface area contributed by atoms with Crippen molar-refractivity contribution in [1.82, 2.24) is 46.2 Å². The van der Waals surface area contributed by atoms with Crippen LogP contribution in [0.5, 0.6) is 0 Å². The van der Waals surface area contributed by atoms with Crippen molar-refractivity contribution in [2.24, 2.45) is 33.0 Å². The van der Waals surface area contributed by atoms with E-state index >= 15 is 0 Å². The molecule has 0 aromatic heterocycles. The molecule has 5 heterocycles. The summed E-state index contributed by atoms with van der Waals surface area (Å²) in [7, 11) is 10.8. The lowest BCUT2D eigenvalue weighted by Crippen LogP contribution is -2.50. The predicted octanol–water partition coefficient (Wildman–Crippen LogP) is 18.5. The number of allylic oxidation sites excluding steroid dienone is 7. The average molecular weight is 1530 g/mol. The highest BCUT2D eigenvalue weighted by molar-refractivity contribution is 5.87. The highest BCUT2D eigenvalue weighted by Crippen LogP contribution is 2.44. The monoisotopic (exact) mass is 1530 g/mol. The summed E-state index contributed by atoms with van der Waals surface area (Å²) in [4.78, 5) is 11.6. The first-order valence-electron chi connectivity index (χ1n) is 42.4. The average Bonchev–Trinajstić information content (AvgIpc) is 0.759. The Morgan fingerprint density at radius 1 is 0.333 bits per heavy atom. The number of hydrogen-bond acceptors (Lipinski definition) is 10. The van der Waals surface area contributed by atoms with Crippen LogP contribution in [0.4, 0.5) is 5.69 Å². The summed E-state index contributed by atoms with van der Waals surface area (Å²) < 4.78 is 0. The van der Waals surface area contributed by atoms with Crippen LogP contribution in [0.15, 0.2) is 217 Å². The minimum absolute atomic E-state index is 0.221. The van der Waals surface area contributed by atoms with Gasteiger partial charge in [-0.15, -0.1) is 0 Å². The zero-order chi connectivity index (χ0) is 82.4. The minimum atomic E-state index is 0.221. The summed E-state index contributed by atoms with van der Waals surface area (Å²) in [5.74, 6) is 0.427. The van der Waals surface area contributed by atoms with E-state index in [4.69, 9.17) is 0 Å². The number of likely N-dealkylation sites (N-methyl/N-ethyl adjacent to an activating group) is 1. The molecule has 0 spiro atoms. The lowest BCUT2D eigenvalue weighted by molar-refractivity contribution is 0.226. The van der Waals surface area contributed by atoms with Gasteiger partial charge in [0.05, 0.1) is 24.7 Å². The molecule has 114 heavy (non-hydrogen) atoms. The number of nitrogens with zero attached hydrogens (tertiary/aromatic N) is 5. The summed E-state index contributed by atoms with van der Waals surface area (Å²) in [6, 6.07) is 59.1. The molecule has 10 nitrogen and oxygen atoms in total. The summed E-state index contributed by atoms with van der Waals surface area (Å²) in [6.45, 7) is 46.0. The van der Waals surface area contributed by atoms with Crippen molar-refractivity contribution in [1.29, 1.82) is 0 Å². The van der Waals surface area contributed by atoms with Crippen molar-refractivity contribution in [3.05, 3.63) is 254 Å². The van der Waals surface area contributed by atoms with Crippen molar-refractivity contribution in [2.45, 2.75) is 232 Å². The van der Waals surface area contributed by atoms with Gasteiger partial charge < -0.3 is 24.5 Å². The van der Waals surface area contributed by atoms with Gasteiger partial charge in [-0.2, -0.15) is 0 Å². The fourth-order valence-electron chi connectivity index (χ4n) is 18.4. The molecule has 10 heteroatoms. The molecule has 2 aliphatic carbocycles. The maximum atomic E-state index is 3.85. The first-order valence-corrected chi connectivity index (χ1v) is 42.4. The molecule has 0 saturated carbocycles. The van der Waals surface area contributed by atoms with E-state index < -0.39 is 0 Å². The molecule has 0 saturated heterocycles. The number of benzene rings is 8. The Hall–Kier alpha value is -8.74. The van der Waals surface area contributed by atoms with Crippen LogP contribution in [-0.4, -0.2) is 110 Å². The zero-order valence-electron chi connectivity index (χ0n) is 74.1. The third-order valence-electron chi connectivity index (χ3n) is 22.6. The topological polar surface area (TPSA) is 76.3 Å². The lowest BCUT2D eigenvalue weighted by atomic mass is 9.78. The highest BCUT2D eigenvalue weighted by atomic mass is 15.3. The van der Waals surface area contributed by atoms with Crippen LogP contribution in [0, 0.1) is 33.0 Å². The largest absolute Gasteiger partial charge is 0.361 e. The van der Waals surface area contributed by atoms with Crippen LogP contribution in [0.3, 0.4) is 0 Å². The number of nitrogens with one attached hydrogen (secondary N) is 5. The Kier molecular flexibility index (Phi) is 27.3. The second-order valence-corrected chi connectivity index (χ2v) is 40.0. The van der Waals surface area contributed by atoms with Crippen LogP contribution in [-0.2, 0) is 0 Å². The Labute approximate surface area is 686 Å². The van der Waals surface area contributed by atoms with Crippen molar-refractivity contribution < 1.29 is 0 Å². The Morgan fingerprint density at radius 2 is 0.737 bits per heavy atom. The molecule has 5 aliphatic heterocycles. The zero-order valence-corrected chi connectivity index (χ0v) is 74.1. The van der Waals surface area contributed by atoms with Gasteiger partial charge in [0, 0.05) is 112 Å². The van der Waals surface area contributed by atoms with Crippen molar-refractivity contribution >= 4 is 74.8 Å². The van der Waals surface area contributed by atoms with Crippen LogP contribution in [0.25, 0.3) is 80.3 Å². The second kappa shape index (κ2) is 36.2. The van der Waals surface area contributed by atoms with E-state index in [2.05, 4.69) is 462 Å². The van der Waals surface area contributed by atoms with E-state index in [0.29, 0.717) is 63.2 Å². The third-order valence-corrected chi connectivity index (χ3v) is 22.6. The van der Waals surface area contributed by atoms with Gasteiger partial charge in [-0.25, -0.2) is 0 Å². The second-order valence-electron chi connectivity index (χ2n) is 40.0. The fourth-order valence-corrected chi connectivity index (χ4v) is 18.4. The van der Waals surface area contributed by atoms with Gasteiger partial charge in [0.15, 0.2) is 0 Å². The highest BCUT2D eigenvalue weighted by Gasteiger charge is 2.36. The quantitative estimate of drug-likeness (QED) is 0.0685. The maximum Gasteiger partial charge on any atom is 0.106 e. The van der Waals surface area contributed by atoms with E-state index in [-0.39, 0.29) is 30.8 Å². The molecule has 606 valence electrons. The molecule has 8 aromatic rings. The first kappa shape index (κ1) is 86.1. The minimum Gasteiger partial charge on any atom is -0.361 e. The molecular weight excluding hydrogens is 1390 g/mol. The van der Waals surface area contributed by atoms with E-state index in [1.54, 1.807) is 0 Å². The van der Waals surface area contributed by atoms with Gasteiger partial charge in [-0.05, 0) is 223 Å². The normalized spacial score (nSPS) is 20.6. The standard InChI is InChI=1S/4C21H28N2.C20H28N2/c1-15(14-21(2,3)4)22-20-18-12-7-6-10-16(18)17-11-8-9-13-19(17)23(20)5;1-15(13-21(2,3)4)22-20-12-18-10-16-8-6-7-9-17(16)11-19(18)14-23(20)5;1-15(13-21(2,3)4)22-20-12-19-17(14-23(20)5)11-10-16-8-6-7-9-18(16)19;1-15(13-21(2,3)4)22-20-12-17-11-10-16-8-6-7-9-18(16)19(17)14-23(20)5;1-14(13-20(2,3)4)21-18-12-16-10-6-8-15-9-7-11-17(19(15)16)22(18)5/h6-13,15,20,22H,14H2,1-5H3;3*6-12,14-15,20,22H,13H2,1-5H3;6-12,14,18-19,21H,13H2,1-5H3/t4*15-,20?;14-,18?,19?/m11111/s1. The lowest BCUT2D eigenvalue weighted by Gasteiger charge is -2.43. The van der Waals surface area contributed by atoms with Crippen molar-refractivity contribution in [3.63, 3.8) is 0 Å². The van der Waals surface area contributed by atoms with Gasteiger partial charge in [-0.3, -0.25) is 26.6 Å². The Morgan fingerprint density at radius 3 is 1.28 bits per heavy atom. The summed E-state index contributed by atoms with van der Waals surface area (Å²) in [6.07, 6.45) is 36.6. The van der Waals surface area contributed by atoms with Gasteiger partial charge in [-0.1, -0.05) is 274 Å². The van der Waals surface area contributed by atoms with E-state index in [1.165, 1.54) is 109 Å². The number of hydrogen-bond donors (Lipinski definition) is 5. The van der Waals surface area contributed by atoms with Gasteiger partial charge >= 0.3 is 0 Å². The SMILES string of the molecule is C[C@H](CC(C)(C)C)NC1C=C2C=CC=C3C=CC=C(C32)N1C.C[C@H](CC(C)(C)C)NC1C=c2c(ccc3ccccc23)=CN1C.C[C@H](CC(C)(C)C)NC1C=c2cc3ccccc3cc2=CN1C.C[C@H](CC(C)(C)C)NC1C=c2ccc3ccccc3c2=CN1C.C[C@H](CC(C)(C)C)NC1c2ccccc2-c2ccccc2N1C. The van der Waals surface area contributed by atoms with Gasteiger partial charge in [0.1, 0.15) is 6.17 Å². The van der Waals surface area contributed by atoms with Gasteiger partial charge in [0.25, 0.3) is 0 Å². The number of anilines is 1. The molecule has 5 N–H and O–H groups in total. The number of rotatable bonds is 15. The first-order chi connectivity index (χ1) is 53.7. The third kappa shape index (κ3) is 22.9. The van der Waals surface area contributed by atoms with E-state index in [9.17, 15) is 0 Å². The fraction of sp³-hybridized carbons (Fsp3) is 0.442. The Bertz CT molecular complexity index is 5180. The molecule has 15 rings (SSSR count). The molecule has 7 aliphatic rings. The number of para-hydroxylation sites is 1. The summed E-state index contributed by atoms with van der Waals surface area (Å²) in [5.41, 5.74) is 11.3. The summed E-state index contributed by atoms with van der Waals surface area (Å²) in [5, 5.41) is 34.7. The van der Waals surface area contributed by atoms with E-state index in [1.807, 2.05) is 0 Å². The molecule has 6 unspecified atom stereocenters. The smallest absolute Gasteiger partial charge is 0.106 e. The molecule has 0 fully saturated rings. The maximum absolute atomic E-state index is 3.85. The van der Waals surface area contributed by atoms with Crippen LogP contribution in [0.2, 0.25) is 0 Å². The van der Waals surface area contributed by atoms with Gasteiger partial charge in [0.2, 0.25) is 0 Å². The predicted molar refractivity (Wildman–Crippen MR) is 495 cm³/mol. The van der Waals surface area contributed by atoms with Crippen molar-refractivity contribution in [2.75, 3.05) is 40.1 Å². The summed E-state index contributed by atoms with van der Waals surface area (Å²) >= 11 is 0. The van der Waals surface area contributed by atoms with Crippen LogP contribution in [0.1, 0.15) is 182 Å². The molecule has 0 bridgehead atoms. The van der Waals surface area contributed by atoms with Crippen molar-refractivity contribution in [3.8, 4) is 11.1 Å². The Balaban J connectivity index is 0.000000141. The van der Waals surface area contributed by atoms with Crippen LogP contribution < -0.4 is 62.8 Å². The number of fused-ring (bicyclic) bond motifs is 11. The molecular formula is C104H140N10. The molecule has 8 aromatic carbocycles. The molecule has 0 radical (unpaired) electrons. The van der Waals surface area contributed by atoms with E-state index in [0.717, 1.165) is 25.7 Å². The van der Waals surface area contributed by atoms with Crippen LogP contribution >= 0.6 is 0 Å². The molecule has 0 amide bonds. The molecule has 11 atom stereocenters.